The Hall–Kier alpha value is 0.981. The van der Waals surface area contributed by atoms with Crippen LogP contribution < -0.4 is 62.2 Å². The molecule has 0 bridgehead atoms. The standard InChI is InChI=1S/C14H21BF3N2S.K/c1-9-12(8-20-6-4-19-5-7-20)10(2)14(21)11(3)13(9)15(16,17)18;/h19,21H,4-8H2,1-3H3;/q-1;+1. The number of rotatable bonds is 3. The van der Waals surface area contributed by atoms with Gasteiger partial charge >= 0.3 is 58.4 Å². The van der Waals surface area contributed by atoms with Crippen molar-refractivity contribution >= 4 is 25.1 Å². The minimum Gasteiger partial charge on any atom is -0.445 e. The molecule has 0 unspecified atom stereocenters. The monoisotopic (exact) mass is 356 g/mol. The van der Waals surface area contributed by atoms with Crippen LogP contribution in [0.25, 0.3) is 0 Å². The van der Waals surface area contributed by atoms with Crippen LogP contribution in [0.2, 0.25) is 0 Å². The Balaban J connectivity index is 0.00000242. The van der Waals surface area contributed by atoms with Crippen LogP contribution in [-0.2, 0) is 6.54 Å². The van der Waals surface area contributed by atoms with E-state index in [1.165, 1.54) is 6.92 Å². The molecule has 1 N–H and O–H groups in total. The maximum absolute atomic E-state index is 13.4. The Labute approximate surface area is 178 Å². The van der Waals surface area contributed by atoms with Crippen LogP contribution in [0.15, 0.2) is 4.90 Å². The molecular formula is C14H21BF3KN2S. The number of nitrogens with one attached hydrogen (secondary N) is 1. The van der Waals surface area contributed by atoms with Gasteiger partial charge in [0, 0.05) is 37.6 Å². The van der Waals surface area contributed by atoms with Crippen LogP contribution >= 0.6 is 12.6 Å². The fourth-order valence-electron chi connectivity index (χ4n) is 3.10. The maximum Gasteiger partial charge on any atom is 1.00 e. The average molecular weight is 356 g/mol. The predicted octanol–water partition coefficient (Wildman–Crippen LogP) is -0.636. The summed E-state index contributed by atoms with van der Waals surface area (Å²) in [6.07, 6.45) is 0. The zero-order valence-electron chi connectivity index (χ0n) is 13.6. The van der Waals surface area contributed by atoms with Crippen LogP contribution in [0, 0.1) is 20.8 Å². The fourth-order valence-corrected chi connectivity index (χ4v) is 3.35. The third-order valence-electron chi connectivity index (χ3n) is 4.34. The molecule has 0 aromatic heterocycles. The number of piperazine rings is 1. The summed E-state index contributed by atoms with van der Waals surface area (Å²) in [6.45, 7) is 4.01. The molecule has 1 aromatic rings. The summed E-state index contributed by atoms with van der Waals surface area (Å²) < 4.78 is 40.2. The number of thiol groups is 1. The molecule has 22 heavy (non-hydrogen) atoms. The number of hydrogen-bond donors (Lipinski definition) is 2. The largest absolute Gasteiger partial charge is 1.00 e. The second-order valence-electron chi connectivity index (χ2n) is 5.72. The second kappa shape index (κ2) is 8.38. The molecule has 8 heteroatoms. The van der Waals surface area contributed by atoms with E-state index in [4.69, 9.17) is 0 Å². The first kappa shape index (κ1) is 21.0. The molecule has 1 heterocycles. The van der Waals surface area contributed by atoms with Crippen molar-refractivity contribution in [1.82, 2.24) is 10.2 Å². The van der Waals surface area contributed by atoms with Gasteiger partial charge in [-0.1, -0.05) is 11.1 Å². The quantitative estimate of drug-likeness (QED) is 0.554. The Morgan fingerprint density at radius 2 is 1.59 bits per heavy atom. The van der Waals surface area contributed by atoms with Gasteiger partial charge in [-0.3, -0.25) is 4.90 Å². The van der Waals surface area contributed by atoms with E-state index in [2.05, 4.69) is 22.8 Å². The van der Waals surface area contributed by atoms with Crippen LogP contribution in [0.3, 0.4) is 0 Å². The molecular weight excluding hydrogens is 335 g/mol. The third-order valence-corrected chi connectivity index (χ3v) is 5.01. The molecule has 2 rings (SSSR count). The van der Waals surface area contributed by atoms with Crippen molar-refractivity contribution in [1.29, 1.82) is 0 Å². The third kappa shape index (κ3) is 4.53. The SMILES string of the molecule is Cc1c(S)c(C)c([B-](F)(F)F)c(C)c1CN1CCNCC1.[K+]. The minimum absolute atomic E-state index is 0. The molecule has 0 aliphatic carbocycles. The first-order valence-electron chi connectivity index (χ1n) is 7.18. The van der Waals surface area contributed by atoms with Crippen molar-refractivity contribution in [2.45, 2.75) is 32.2 Å². The van der Waals surface area contributed by atoms with Gasteiger partial charge < -0.3 is 18.3 Å². The van der Waals surface area contributed by atoms with Crippen LogP contribution in [0.5, 0.6) is 0 Å². The Kier molecular flexibility index (Phi) is 8.01. The summed E-state index contributed by atoms with van der Waals surface area (Å²) >= 11 is 4.33. The summed E-state index contributed by atoms with van der Waals surface area (Å²) in [5, 5.41) is 3.25. The van der Waals surface area contributed by atoms with Crippen molar-refractivity contribution in [3.05, 3.63) is 22.3 Å². The summed E-state index contributed by atoms with van der Waals surface area (Å²) in [5.74, 6) is 0. The smallest absolute Gasteiger partial charge is 0.445 e. The van der Waals surface area contributed by atoms with Gasteiger partial charge in [-0.25, -0.2) is 0 Å². The van der Waals surface area contributed by atoms with Gasteiger partial charge in [-0.15, -0.1) is 18.1 Å². The first-order chi connectivity index (χ1) is 9.73. The molecule has 1 saturated heterocycles. The van der Waals surface area contributed by atoms with E-state index >= 15 is 0 Å². The van der Waals surface area contributed by atoms with Crippen molar-refractivity contribution in [2.75, 3.05) is 26.2 Å². The van der Waals surface area contributed by atoms with Gasteiger partial charge in [0.25, 0.3) is 0 Å². The summed E-state index contributed by atoms with van der Waals surface area (Å²) in [5.41, 5.74) is 1.81. The number of nitrogens with zero attached hydrogens (tertiary/aromatic N) is 1. The molecule has 0 spiro atoms. The predicted molar refractivity (Wildman–Crippen MR) is 84.8 cm³/mol. The van der Waals surface area contributed by atoms with Crippen LogP contribution in [0.1, 0.15) is 22.3 Å². The van der Waals surface area contributed by atoms with Crippen molar-refractivity contribution in [3.8, 4) is 0 Å². The zero-order chi connectivity index (χ0) is 15.8. The van der Waals surface area contributed by atoms with E-state index in [0.29, 0.717) is 17.0 Å². The molecule has 0 saturated carbocycles. The second-order valence-corrected chi connectivity index (χ2v) is 6.16. The van der Waals surface area contributed by atoms with Gasteiger partial charge in [-0.2, -0.15) is 0 Å². The van der Waals surface area contributed by atoms with Crippen LogP contribution in [0.4, 0.5) is 12.9 Å². The van der Waals surface area contributed by atoms with Crippen molar-refractivity contribution in [2.24, 2.45) is 0 Å². The van der Waals surface area contributed by atoms with E-state index in [0.717, 1.165) is 37.3 Å². The summed E-state index contributed by atoms with van der Waals surface area (Å²) in [6, 6.07) is 0. The molecule has 1 aliphatic heterocycles. The van der Waals surface area contributed by atoms with E-state index < -0.39 is 12.4 Å². The Bertz CT molecular complexity index is 546. The van der Waals surface area contributed by atoms with Gasteiger partial charge in [0.15, 0.2) is 0 Å². The van der Waals surface area contributed by atoms with Gasteiger partial charge in [0.05, 0.1) is 0 Å². The molecule has 0 atom stereocenters. The molecule has 1 aromatic carbocycles. The van der Waals surface area contributed by atoms with Gasteiger partial charge in [-0.05, 0) is 31.9 Å². The average Bonchev–Trinajstić information content (AvgIpc) is 2.41. The molecule has 0 radical (unpaired) electrons. The molecule has 1 fully saturated rings. The molecule has 1 aliphatic rings. The van der Waals surface area contributed by atoms with Gasteiger partial charge in [0.2, 0.25) is 0 Å². The summed E-state index contributed by atoms with van der Waals surface area (Å²) in [7, 11) is 0. The molecule has 2 nitrogen and oxygen atoms in total. The fraction of sp³-hybridized carbons (Fsp3) is 0.571. The molecule has 118 valence electrons. The normalized spacial score (nSPS) is 16.5. The summed E-state index contributed by atoms with van der Waals surface area (Å²) in [4.78, 5) is 2.67. The Morgan fingerprint density at radius 1 is 1.05 bits per heavy atom. The Morgan fingerprint density at radius 3 is 2.09 bits per heavy atom. The number of hydrogen-bond acceptors (Lipinski definition) is 3. The van der Waals surface area contributed by atoms with E-state index in [1.807, 2.05) is 6.92 Å². The topological polar surface area (TPSA) is 15.3 Å². The number of benzene rings is 1. The van der Waals surface area contributed by atoms with E-state index in [9.17, 15) is 12.9 Å². The number of halogens is 3. The maximum atomic E-state index is 13.4. The van der Waals surface area contributed by atoms with Crippen molar-refractivity contribution in [3.63, 3.8) is 0 Å². The minimum atomic E-state index is -5.02. The van der Waals surface area contributed by atoms with Gasteiger partial charge in [0.1, 0.15) is 0 Å². The van der Waals surface area contributed by atoms with E-state index in [1.54, 1.807) is 6.92 Å². The van der Waals surface area contributed by atoms with Crippen molar-refractivity contribution < 1.29 is 64.3 Å². The zero-order valence-corrected chi connectivity index (χ0v) is 17.7. The molecule has 0 amide bonds. The van der Waals surface area contributed by atoms with Crippen LogP contribution in [-0.4, -0.2) is 38.1 Å². The first-order valence-corrected chi connectivity index (χ1v) is 7.62. The van der Waals surface area contributed by atoms with E-state index in [-0.39, 0.29) is 56.9 Å².